The molecule has 1 saturated carbocycles. The Hall–Kier alpha value is -2.15. The maximum Gasteiger partial charge on any atom is 0.254 e. The van der Waals surface area contributed by atoms with E-state index in [1.54, 1.807) is 13.2 Å². The van der Waals surface area contributed by atoms with Gasteiger partial charge in [0.05, 0.1) is 35.7 Å². The monoisotopic (exact) mass is 432 g/mol. The summed E-state index contributed by atoms with van der Waals surface area (Å²) in [5, 5.41) is 5.25. The molecule has 1 aromatic rings. The molecule has 2 fully saturated rings. The van der Waals surface area contributed by atoms with Gasteiger partial charge in [-0.2, -0.15) is 10.1 Å². The Kier molecular flexibility index (Phi) is 4.58. The summed E-state index contributed by atoms with van der Waals surface area (Å²) >= 11 is 3.49. The minimum Gasteiger partial charge on any atom is -0.493 e. The molecular formula is C20H21BrN2O4. The maximum absolute atomic E-state index is 12.7. The largest absolute Gasteiger partial charge is 0.493 e. The van der Waals surface area contributed by atoms with Gasteiger partial charge in [-0.15, -0.1) is 0 Å². The Bertz CT molecular complexity index is 834. The molecule has 2 aliphatic carbocycles. The summed E-state index contributed by atoms with van der Waals surface area (Å²) in [5.74, 6) is 0.651. The lowest BCUT2D eigenvalue weighted by molar-refractivity contribution is -0.140. The van der Waals surface area contributed by atoms with E-state index in [1.165, 1.54) is 6.21 Å². The van der Waals surface area contributed by atoms with Crippen molar-refractivity contribution in [1.82, 2.24) is 5.01 Å². The van der Waals surface area contributed by atoms with E-state index in [0.717, 1.165) is 15.9 Å². The fraction of sp³-hybridized carbons (Fsp3) is 0.450. The summed E-state index contributed by atoms with van der Waals surface area (Å²) in [6, 6.07) is 3.59. The standard InChI is InChI=1S/C20H21BrN2O4/c1-10(2)27-18-14(21)6-11(7-15(18)26-3)9-22-23-19(24)16-12-4-5-13(8-12)17(16)20(23)25/h4-7,9-10,12-13,16-17H,8H2,1-3H3. The number of halogens is 1. The smallest absolute Gasteiger partial charge is 0.254 e. The van der Waals surface area contributed by atoms with Crippen molar-refractivity contribution in [3.05, 3.63) is 34.3 Å². The van der Waals surface area contributed by atoms with Crippen LogP contribution in [-0.2, 0) is 9.59 Å². The highest BCUT2D eigenvalue weighted by atomic mass is 79.9. The Morgan fingerprint density at radius 3 is 2.37 bits per heavy atom. The van der Waals surface area contributed by atoms with Crippen molar-refractivity contribution in [3.63, 3.8) is 0 Å². The zero-order chi connectivity index (χ0) is 19.3. The molecular weight excluding hydrogens is 412 g/mol. The number of methoxy groups -OCH3 is 1. The van der Waals surface area contributed by atoms with Crippen LogP contribution in [0.5, 0.6) is 11.5 Å². The summed E-state index contributed by atoms with van der Waals surface area (Å²) in [4.78, 5) is 25.4. The lowest BCUT2D eigenvalue weighted by Gasteiger charge is -2.16. The van der Waals surface area contributed by atoms with E-state index in [-0.39, 0.29) is 41.6 Å². The third-order valence-corrected chi connectivity index (χ3v) is 5.96. The second-order valence-electron chi connectivity index (χ2n) is 7.43. The first kappa shape index (κ1) is 18.2. The van der Waals surface area contributed by atoms with Crippen LogP contribution in [0, 0.1) is 23.7 Å². The topological polar surface area (TPSA) is 68.2 Å². The fourth-order valence-electron chi connectivity index (χ4n) is 4.29. The molecule has 6 nitrogen and oxygen atoms in total. The molecule has 2 bridgehead atoms. The van der Waals surface area contributed by atoms with Crippen LogP contribution in [0.2, 0.25) is 0 Å². The van der Waals surface area contributed by atoms with Crippen LogP contribution < -0.4 is 9.47 Å². The fourth-order valence-corrected chi connectivity index (χ4v) is 4.84. The van der Waals surface area contributed by atoms with Crippen LogP contribution in [0.1, 0.15) is 25.8 Å². The summed E-state index contributed by atoms with van der Waals surface area (Å²) in [5.41, 5.74) is 0.702. The van der Waals surface area contributed by atoms with Gasteiger partial charge in [0.25, 0.3) is 11.8 Å². The molecule has 2 amide bonds. The van der Waals surface area contributed by atoms with E-state index in [1.807, 2.05) is 19.9 Å². The number of imide groups is 1. The first-order valence-corrected chi connectivity index (χ1v) is 9.84. The average Bonchev–Trinajstić information content (AvgIpc) is 3.29. The lowest BCUT2D eigenvalue weighted by Crippen LogP contribution is -2.28. The van der Waals surface area contributed by atoms with Gasteiger partial charge in [0.1, 0.15) is 0 Å². The van der Waals surface area contributed by atoms with E-state index in [2.05, 4.69) is 33.2 Å². The van der Waals surface area contributed by atoms with Gasteiger partial charge in [0, 0.05) is 0 Å². The summed E-state index contributed by atoms with van der Waals surface area (Å²) < 4.78 is 11.9. The van der Waals surface area contributed by atoms with Crippen molar-refractivity contribution in [2.45, 2.75) is 26.4 Å². The number of amides is 2. The minimum atomic E-state index is -0.243. The van der Waals surface area contributed by atoms with Gasteiger partial charge in [-0.25, -0.2) is 0 Å². The second kappa shape index (κ2) is 6.78. The number of ether oxygens (including phenoxy) is 2. The van der Waals surface area contributed by atoms with E-state index in [0.29, 0.717) is 17.1 Å². The molecule has 27 heavy (non-hydrogen) atoms. The number of hydrogen-bond acceptors (Lipinski definition) is 5. The third-order valence-electron chi connectivity index (χ3n) is 5.37. The first-order valence-electron chi connectivity index (χ1n) is 9.05. The van der Waals surface area contributed by atoms with Crippen LogP contribution in [-0.4, -0.2) is 36.3 Å². The van der Waals surface area contributed by atoms with Crippen LogP contribution in [0.25, 0.3) is 0 Å². The molecule has 1 aliphatic heterocycles. The summed E-state index contributed by atoms with van der Waals surface area (Å²) in [7, 11) is 1.56. The Morgan fingerprint density at radius 2 is 1.81 bits per heavy atom. The van der Waals surface area contributed by atoms with E-state index >= 15 is 0 Å². The molecule has 0 spiro atoms. The minimum absolute atomic E-state index is 0.00190. The second-order valence-corrected chi connectivity index (χ2v) is 8.29. The molecule has 1 heterocycles. The van der Waals surface area contributed by atoms with Crippen LogP contribution >= 0.6 is 15.9 Å². The molecule has 142 valence electrons. The zero-order valence-corrected chi connectivity index (χ0v) is 17.0. The SMILES string of the molecule is COc1cc(C=NN2C(=O)C3C4C=CC(C4)C3C2=O)cc(Br)c1OC(C)C. The van der Waals surface area contributed by atoms with E-state index in [9.17, 15) is 9.59 Å². The van der Waals surface area contributed by atoms with Gasteiger partial charge < -0.3 is 9.47 Å². The summed E-state index contributed by atoms with van der Waals surface area (Å²) in [6.45, 7) is 3.87. The Balaban J connectivity index is 1.58. The average molecular weight is 433 g/mol. The molecule has 4 atom stereocenters. The van der Waals surface area contributed by atoms with Crippen molar-refractivity contribution in [3.8, 4) is 11.5 Å². The normalized spacial score (nSPS) is 28.7. The molecule has 0 aromatic heterocycles. The Labute approximate surface area is 166 Å². The molecule has 4 rings (SSSR count). The van der Waals surface area contributed by atoms with Crippen molar-refractivity contribution < 1.29 is 19.1 Å². The molecule has 4 unspecified atom stereocenters. The predicted molar refractivity (Wildman–Crippen MR) is 104 cm³/mol. The van der Waals surface area contributed by atoms with Gasteiger partial charge in [-0.05, 0) is 65.7 Å². The highest BCUT2D eigenvalue weighted by Gasteiger charge is 2.59. The molecule has 0 radical (unpaired) electrons. The molecule has 7 heteroatoms. The van der Waals surface area contributed by atoms with Gasteiger partial charge in [0.15, 0.2) is 11.5 Å². The number of carbonyl (C=O) groups excluding carboxylic acids is 2. The number of hydrazone groups is 1. The number of allylic oxidation sites excluding steroid dienone is 2. The van der Waals surface area contributed by atoms with Gasteiger partial charge in [-0.3, -0.25) is 9.59 Å². The van der Waals surface area contributed by atoms with Gasteiger partial charge in [0.2, 0.25) is 0 Å². The molecule has 1 aromatic carbocycles. The van der Waals surface area contributed by atoms with E-state index in [4.69, 9.17) is 9.47 Å². The van der Waals surface area contributed by atoms with Crippen molar-refractivity contribution >= 4 is 34.0 Å². The first-order chi connectivity index (χ1) is 12.9. The number of rotatable bonds is 5. The summed E-state index contributed by atoms with van der Waals surface area (Å²) in [6.07, 6.45) is 6.56. The van der Waals surface area contributed by atoms with Gasteiger partial charge in [-0.1, -0.05) is 12.2 Å². The van der Waals surface area contributed by atoms with Gasteiger partial charge >= 0.3 is 0 Å². The molecule has 0 N–H and O–H groups in total. The molecule has 3 aliphatic rings. The maximum atomic E-state index is 12.7. The Morgan fingerprint density at radius 1 is 1.19 bits per heavy atom. The number of fused-ring (bicyclic) bond motifs is 5. The van der Waals surface area contributed by atoms with Crippen LogP contribution in [0.4, 0.5) is 0 Å². The van der Waals surface area contributed by atoms with Crippen molar-refractivity contribution in [1.29, 1.82) is 0 Å². The number of carbonyl (C=O) groups is 2. The number of benzene rings is 1. The van der Waals surface area contributed by atoms with Crippen LogP contribution in [0.3, 0.4) is 0 Å². The predicted octanol–water partition coefficient (Wildman–Crippen LogP) is 3.39. The lowest BCUT2D eigenvalue weighted by atomic mass is 9.85. The number of nitrogens with zero attached hydrogens (tertiary/aromatic N) is 2. The highest BCUT2D eigenvalue weighted by molar-refractivity contribution is 9.10. The van der Waals surface area contributed by atoms with E-state index < -0.39 is 0 Å². The highest BCUT2D eigenvalue weighted by Crippen LogP contribution is 2.52. The number of hydrogen-bond donors (Lipinski definition) is 0. The van der Waals surface area contributed by atoms with Crippen LogP contribution in [0.15, 0.2) is 33.9 Å². The zero-order valence-electron chi connectivity index (χ0n) is 15.4. The van der Waals surface area contributed by atoms with Crippen molar-refractivity contribution in [2.24, 2.45) is 28.8 Å². The third kappa shape index (κ3) is 2.98. The quantitative estimate of drug-likeness (QED) is 0.406. The van der Waals surface area contributed by atoms with Crippen molar-refractivity contribution in [2.75, 3.05) is 7.11 Å². The molecule has 1 saturated heterocycles.